The van der Waals surface area contributed by atoms with Crippen LogP contribution in [0.1, 0.15) is 24.0 Å². The van der Waals surface area contributed by atoms with Crippen LogP contribution in [0.4, 0.5) is 0 Å². The van der Waals surface area contributed by atoms with Gasteiger partial charge in [0.15, 0.2) is 0 Å². The van der Waals surface area contributed by atoms with Gasteiger partial charge in [0.1, 0.15) is 35.9 Å². The number of aliphatic hydroxyl groups is 2. The van der Waals surface area contributed by atoms with Gasteiger partial charge in [-0.2, -0.15) is 0 Å². The van der Waals surface area contributed by atoms with Crippen molar-refractivity contribution in [1.82, 2.24) is 5.32 Å². The van der Waals surface area contributed by atoms with E-state index in [-0.39, 0.29) is 29.2 Å². The predicted octanol–water partition coefficient (Wildman–Crippen LogP) is 2.66. The van der Waals surface area contributed by atoms with Crippen LogP contribution in [-0.4, -0.2) is 47.7 Å². The number of ether oxygens (including phenoxy) is 2. The molecular formula is C22H28BrNO4. The zero-order chi connectivity index (χ0) is 18.6. The maximum absolute atomic E-state index is 10.5. The lowest BCUT2D eigenvalue weighted by molar-refractivity contribution is 0.00900. The molecular weight excluding hydrogens is 422 g/mol. The molecule has 4 rings (SSSR count). The van der Waals surface area contributed by atoms with Crippen molar-refractivity contribution in [3.05, 3.63) is 59.7 Å². The van der Waals surface area contributed by atoms with Crippen LogP contribution >= 0.6 is 17.0 Å². The number of aryl methyl sites for hydroxylation is 2. The molecule has 2 aromatic carbocycles. The SMILES string of the molecule is Br.OC(CNCC(O)C1CCc2ccccc2O1)C1CCc2ccccc2O1. The molecule has 2 heterocycles. The highest BCUT2D eigenvalue weighted by Gasteiger charge is 2.28. The number of hydrogen-bond donors (Lipinski definition) is 3. The van der Waals surface area contributed by atoms with Gasteiger partial charge in [0.05, 0.1) is 0 Å². The van der Waals surface area contributed by atoms with Crippen molar-refractivity contribution in [1.29, 1.82) is 0 Å². The van der Waals surface area contributed by atoms with Crippen LogP contribution in [0, 0.1) is 0 Å². The summed E-state index contributed by atoms with van der Waals surface area (Å²) in [7, 11) is 0. The monoisotopic (exact) mass is 449 g/mol. The van der Waals surface area contributed by atoms with E-state index in [1.54, 1.807) is 0 Å². The number of nitrogens with one attached hydrogen (secondary N) is 1. The third-order valence-corrected chi connectivity index (χ3v) is 5.46. The molecule has 152 valence electrons. The van der Waals surface area contributed by atoms with Crippen molar-refractivity contribution in [3.63, 3.8) is 0 Å². The fourth-order valence-corrected chi connectivity index (χ4v) is 3.87. The van der Waals surface area contributed by atoms with Crippen LogP contribution < -0.4 is 14.8 Å². The normalized spacial score (nSPS) is 22.5. The van der Waals surface area contributed by atoms with E-state index in [4.69, 9.17) is 9.47 Å². The molecule has 2 aromatic rings. The molecule has 0 saturated heterocycles. The zero-order valence-electron chi connectivity index (χ0n) is 15.8. The minimum atomic E-state index is -0.612. The van der Waals surface area contributed by atoms with Crippen molar-refractivity contribution in [3.8, 4) is 11.5 Å². The Hall–Kier alpha value is -1.60. The highest BCUT2D eigenvalue weighted by atomic mass is 79.9. The second-order valence-electron chi connectivity index (χ2n) is 7.40. The van der Waals surface area contributed by atoms with Crippen molar-refractivity contribution in [2.24, 2.45) is 0 Å². The maximum Gasteiger partial charge on any atom is 0.126 e. The standard InChI is InChI=1S/C22H27NO4.BrH/c24-17(21-11-9-15-5-1-3-7-19(15)26-21)13-23-14-18(25)22-12-10-16-6-2-4-8-20(16)27-22;/h1-8,17-18,21-25H,9-14H2;1H. The minimum Gasteiger partial charge on any atom is -0.487 e. The molecule has 0 aromatic heterocycles. The maximum atomic E-state index is 10.5. The van der Waals surface area contributed by atoms with E-state index in [0.29, 0.717) is 13.1 Å². The molecule has 3 N–H and O–H groups in total. The molecule has 28 heavy (non-hydrogen) atoms. The molecule has 2 aliphatic heterocycles. The highest BCUT2D eigenvalue weighted by molar-refractivity contribution is 8.93. The average Bonchev–Trinajstić information content (AvgIpc) is 2.72. The Morgan fingerprint density at radius 2 is 1.21 bits per heavy atom. The van der Waals surface area contributed by atoms with Gasteiger partial charge >= 0.3 is 0 Å². The molecule has 5 nitrogen and oxygen atoms in total. The number of rotatable bonds is 6. The van der Waals surface area contributed by atoms with E-state index < -0.39 is 12.2 Å². The molecule has 0 aliphatic carbocycles. The molecule has 0 radical (unpaired) electrons. The largest absolute Gasteiger partial charge is 0.487 e. The van der Waals surface area contributed by atoms with Crippen LogP contribution in [0.3, 0.4) is 0 Å². The fraction of sp³-hybridized carbons (Fsp3) is 0.455. The first-order chi connectivity index (χ1) is 13.2. The molecule has 6 heteroatoms. The van der Waals surface area contributed by atoms with Crippen LogP contribution in [0.25, 0.3) is 0 Å². The summed E-state index contributed by atoms with van der Waals surface area (Å²) < 4.78 is 11.9. The quantitative estimate of drug-likeness (QED) is 0.632. The van der Waals surface area contributed by atoms with Gasteiger partial charge < -0.3 is 25.0 Å². The van der Waals surface area contributed by atoms with Crippen LogP contribution in [0.5, 0.6) is 11.5 Å². The summed E-state index contributed by atoms with van der Waals surface area (Å²) in [5.41, 5.74) is 2.39. The fourth-order valence-electron chi connectivity index (χ4n) is 3.87. The van der Waals surface area contributed by atoms with E-state index in [2.05, 4.69) is 17.4 Å². The van der Waals surface area contributed by atoms with Crippen LogP contribution in [0.15, 0.2) is 48.5 Å². The van der Waals surface area contributed by atoms with Crippen molar-refractivity contribution >= 4 is 17.0 Å². The first-order valence-electron chi connectivity index (χ1n) is 9.76. The van der Waals surface area contributed by atoms with Crippen molar-refractivity contribution in [2.45, 2.75) is 50.1 Å². The number of aliphatic hydroxyl groups excluding tert-OH is 2. The Morgan fingerprint density at radius 3 is 1.68 bits per heavy atom. The summed E-state index contributed by atoms with van der Waals surface area (Å²) >= 11 is 0. The van der Waals surface area contributed by atoms with E-state index in [9.17, 15) is 10.2 Å². The second kappa shape index (κ2) is 9.74. The van der Waals surface area contributed by atoms with Gasteiger partial charge in [0.2, 0.25) is 0 Å². The summed E-state index contributed by atoms with van der Waals surface area (Å²) in [6.07, 6.45) is 1.75. The summed E-state index contributed by atoms with van der Waals surface area (Å²) in [6.45, 7) is 0.764. The third-order valence-electron chi connectivity index (χ3n) is 5.46. The molecule has 2 aliphatic rings. The Morgan fingerprint density at radius 1 is 0.786 bits per heavy atom. The van der Waals surface area contributed by atoms with Gasteiger partial charge in [-0.05, 0) is 48.9 Å². The molecule has 0 fully saturated rings. The number of halogens is 1. The van der Waals surface area contributed by atoms with Gasteiger partial charge in [0, 0.05) is 13.1 Å². The van der Waals surface area contributed by atoms with E-state index in [1.807, 2.05) is 36.4 Å². The van der Waals surface area contributed by atoms with Gasteiger partial charge in [0.25, 0.3) is 0 Å². The number of benzene rings is 2. The summed E-state index contributed by atoms with van der Waals surface area (Å²) in [4.78, 5) is 0. The lowest BCUT2D eigenvalue weighted by atomic mass is 9.98. The Bertz CT molecular complexity index is 708. The molecule has 0 bridgehead atoms. The molecule has 4 atom stereocenters. The van der Waals surface area contributed by atoms with Crippen molar-refractivity contribution in [2.75, 3.05) is 13.1 Å². The summed E-state index contributed by atoms with van der Waals surface area (Å²) in [5.74, 6) is 1.73. The predicted molar refractivity (Wildman–Crippen MR) is 114 cm³/mol. The van der Waals surface area contributed by atoms with Crippen molar-refractivity contribution < 1.29 is 19.7 Å². The second-order valence-corrected chi connectivity index (χ2v) is 7.40. The average molecular weight is 450 g/mol. The minimum absolute atomic E-state index is 0. The Labute approximate surface area is 176 Å². The van der Waals surface area contributed by atoms with E-state index in [0.717, 1.165) is 37.2 Å². The number of hydrogen-bond acceptors (Lipinski definition) is 5. The van der Waals surface area contributed by atoms with Crippen LogP contribution in [0.2, 0.25) is 0 Å². The van der Waals surface area contributed by atoms with E-state index >= 15 is 0 Å². The lowest BCUT2D eigenvalue weighted by Crippen LogP contribution is -2.46. The first kappa shape index (κ1) is 21.1. The lowest BCUT2D eigenvalue weighted by Gasteiger charge is -2.31. The number of fused-ring (bicyclic) bond motifs is 2. The van der Waals surface area contributed by atoms with Crippen LogP contribution in [-0.2, 0) is 12.8 Å². The zero-order valence-corrected chi connectivity index (χ0v) is 17.5. The van der Waals surface area contributed by atoms with Gasteiger partial charge in [-0.1, -0.05) is 36.4 Å². The summed E-state index contributed by atoms with van der Waals surface area (Å²) in [6, 6.07) is 15.9. The first-order valence-corrected chi connectivity index (χ1v) is 9.76. The number of para-hydroxylation sites is 2. The van der Waals surface area contributed by atoms with E-state index in [1.165, 1.54) is 11.1 Å². The Kier molecular flexibility index (Phi) is 7.35. The molecule has 4 unspecified atom stereocenters. The highest BCUT2D eigenvalue weighted by Crippen LogP contribution is 2.29. The third kappa shape index (κ3) is 4.87. The Balaban J connectivity index is 0.00000225. The molecule has 0 amide bonds. The smallest absolute Gasteiger partial charge is 0.126 e. The summed E-state index contributed by atoms with van der Waals surface area (Å²) in [5, 5.41) is 24.1. The van der Waals surface area contributed by atoms with Gasteiger partial charge in [-0.3, -0.25) is 0 Å². The molecule has 0 saturated carbocycles. The topological polar surface area (TPSA) is 71.0 Å². The van der Waals surface area contributed by atoms with Gasteiger partial charge in [-0.15, -0.1) is 17.0 Å². The van der Waals surface area contributed by atoms with Gasteiger partial charge in [-0.25, -0.2) is 0 Å². The molecule has 0 spiro atoms.